The smallest absolute Gasteiger partial charge is 0.428 e. The summed E-state index contributed by atoms with van der Waals surface area (Å²) in [5.74, 6) is 0. The number of hydrazone groups is 1. The summed E-state index contributed by atoms with van der Waals surface area (Å²) in [7, 11) is 1.57. The molecule has 1 aliphatic rings. The zero-order chi connectivity index (χ0) is 22.3. The molecule has 2 aromatic heterocycles. The van der Waals surface area contributed by atoms with Crippen molar-refractivity contribution in [2.75, 3.05) is 13.7 Å². The molecule has 30 heavy (non-hydrogen) atoms. The average molecular weight is 437 g/mol. The first-order chi connectivity index (χ1) is 14.0. The third-order valence-electron chi connectivity index (χ3n) is 5.02. The lowest BCUT2D eigenvalue weighted by Gasteiger charge is -2.18. The maximum absolute atomic E-state index is 13.2. The lowest BCUT2D eigenvalue weighted by molar-refractivity contribution is 0.0529. The summed E-state index contributed by atoms with van der Waals surface area (Å²) < 4.78 is 13.3. The van der Waals surface area contributed by atoms with Crippen molar-refractivity contribution < 1.29 is 14.3 Å². The van der Waals surface area contributed by atoms with Crippen molar-refractivity contribution in [3.63, 3.8) is 0 Å². The van der Waals surface area contributed by atoms with Crippen LogP contribution < -0.4 is 16.7 Å². The molecule has 1 aliphatic carbocycles. The van der Waals surface area contributed by atoms with E-state index < -0.39 is 17.2 Å². The van der Waals surface area contributed by atoms with Crippen molar-refractivity contribution in [1.29, 1.82) is 0 Å². The zero-order valence-electron chi connectivity index (χ0n) is 18.2. The number of amides is 1. The molecule has 164 valence electrons. The van der Waals surface area contributed by atoms with Crippen LogP contribution in [0.4, 0.5) is 4.79 Å². The molecular formula is C20H28N4O5S. The highest BCUT2D eigenvalue weighted by Crippen LogP contribution is 2.41. The molecule has 3 rings (SSSR count). The number of nitrogens with zero attached hydrogens (tertiary/aromatic N) is 3. The minimum atomic E-state index is -0.668. The van der Waals surface area contributed by atoms with Crippen molar-refractivity contribution in [3.05, 3.63) is 31.3 Å². The molecule has 0 spiro atoms. The second kappa shape index (κ2) is 7.99. The van der Waals surface area contributed by atoms with Crippen LogP contribution in [0.1, 0.15) is 51.0 Å². The van der Waals surface area contributed by atoms with Crippen LogP contribution in [0.5, 0.6) is 0 Å². The summed E-state index contributed by atoms with van der Waals surface area (Å²) in [6.45, 7) is 9.72. The SMILES string of the molecule is COCCn1c(=O)n(C2(C)CC2)c(=O)c2c(C)c(C=NNC(=O)OC(C)(C)C)sc21. The number of nitrogens with one attached hydrogen (secondary N) is 1. The fourth-order valence-electron chi connectivity index (χ4n) is 3.19. The van der Waals surface area contributed by atoms with Crippen LogP contribution in [0, 0.1) is 6.92 Å². The highest BCUT2D eigenvalue weighted by atomic mass is 32.1. The first-order valence-corrected chi connectivity index (χ1v) is 10.6. The standard InChI is InChI=1S/C20H28N4O5S/c1-12-13(11-21-22-17(26)29-19(2,3)4)30-16-14(12)15(25)24(20(5)7-8-20)18(27)23(16)9-10-28-6/h11H,7-10H2,1-6H3,(H,22,26). The summed E-state index contributed by atoms with van der Waals surface area (Å²) in [4.78, 5) is 39.4. The van der Waals surface area contributed by atoms with Crippen LogP contribution in [0.25, 0.3) is 10.2 Å². The van der Waals surface area contributed by atoms with E-state index in [-0.39, 0.29) is 11.2 Å². The van der Waals surface area contributed by atoms with Crippen molar-refractivity contribution in [1.82, 2.24) is 14.6 Å². The molecular weight excluding hydrogens is 408 g/mol. The van der Waals surface area contributed by atoms with E-state index in [0.29, 0.717) is 28.2 Å². The molecule has 1 N–H and O–H groups in total. The van der Waals surface area contributed by atoms with Crippen LogP contribution in [-0.2, 0) is 21.6 Å². The van der Waals surface area contributed by atoms with Gasteiger partial charge >= 0.3 is 11.8 Å². The van der Waals surface area contributed by atoms with Gasteiger partial charge in [0.15, 0.2) is 0 Å². The van der Waals surface area contributed by atoms with Gasteiger partial charge in [-0.3, -0.25) is 13.9 Å². The van der Waals surface area contributed by atoms with Crippen molar-refractivity contribution in [3.8, 4) is 0 Å². The molecule has 1 fully saturated rings. The van der Waals surface area contributed by atoms with Gasteiger partial charge in [-0.1, -0.05) is 0 Å². The largest absolute Gasteiger partial charge is 0.443 e. The van der Waals surface area contributed by atoms with Gasteiger partial charge in [-0.2, -0.15) is 5.10 Å². The number of thiophene rings is 1. The number of hydrogen-bond donors (Lipinski definition) is 1. The highest BCUT2D eigenvalue weighted by molar-refractivity contribution is 7.20. The molecule has 1 amide bonds. The molecule has 0 bridgehead atoms. The van der Waals surface area contributed by atoms with E-state index in [0.717, 1.165) is 18.4 Å². The Morgan fingerprint density at radius 2 is 2.00 bits per heavy atom. The van der Waals surface area contributed by atoms with Crippen molar-refractivity contribution >= 4 is 33.9 Å². The van der Waals surface area contributed by atoms with Gasteiger partial charge in [0, 0.05) is 7.11 Å². The molecule has 2 aromatic rings. The van der Waals surface area contributed by atoms with Crippen LogP contribution in [-0.4, -0.2) is 40.8 Å². The quantitative estimate of drug-likeness (QED) is 0.554. The van der Waals surface area contributed by atoms with Crippen LogP contribution >= 0.6 is 11.3 Å². The van der Waals surface area contributed by atoms with E-state index in [1.165, 1.54) is 22.1 Å². The number of carbonyl (C=O) groups is 1. The van der Waals surface area contributed by atoms with E-state index in [1.54, 1.807) is 32.4 Å². The molecule has 0 radical (unpaired) electrons. The van der Waals surface area contributed by atoms with E-state index in [2.05, 4.69) is 10.5 Å². The van der Waals surface area contributed by atoms with Gasteiger partial charge in [-0.05, 0) is 53.0 Å². The number of methoxy groups -OCH3 is 1. The summed E-state index contributed by atoms with van der Waals surface area (Å²) in [5, 5.41) is 4.45. The summed E-state index contributed by atoms with van der Waals surface area (Å²) in [5.41, 5.74) is 1.38. The van der Waals surface area contributed by atoms with Gasteiger partial charge in [0.25, 0.3) is 5.56 Å². The lowest BCUT2D eigenvalue weighted by Crippen LogP contribution is -2.45. The Bertz CT molecular complexity index is 1120. The van der Waals surface area contributed by atoms with Gasteiger partial charge in [-0.15, -0.1) is 11.3 Å². The first-order valence-electron chi connectivity index (χ1n) is 9.79. The topological polar surface area (TPSA) is 104 Å². The predicted octanol–water partition coefficient (Wildman–Crippen LogP) is 2.55. The number of ether oxygens (including phenoxy) is 2. The van der Waals surface area contributed by atoms with Gasteiger partial charge in [0.1, 0.15) is 10.4 Å². The average Bonchev–Trinajstić information content (AvgIpc) is 3.27. The molecule has 0 saturated heterocycles. The molecule has 0 atom stereocenters. The maximum Gasteiger partial charge on any atom is 0.428 e. The Labute approximate surface area is 178 Å². The molecule has 2 heterocycles. The zero-order valence-corrected chi connectivity index (χ0v) is 19.0. The number of fused-ring (bicyclic) bond motifs is 1. The van der Waals surface area contributed by atoms with Gasteiger partial charge in [-0.25, -0.2) is 15.0 Å². The first kappa shape index (κ1) is 22.2. The third-order valence-corrected chi connectivity index (χ3v) is 6.27. The molecule has 1 saturated carbocycles. The lowest BCUT2D eigenvalue weighted by atomic mass is 10.2. The summed E-state index contributed by atoms with van der Waals surface area (Å²) in [6.07, 6.45) is 2.40. The molecule has 0 aliphatic heterocycles. The van der Waals surface area contributed by atoms with Gasteiger partial charge in [0.2, 0.25) is 0 Å². The number of aromatic nitrogens is 2. The number of hydrogen-bond acceptors (Lipinski definition) is 7. The fraction of sp³-hybridized carbons (Fsp3) is 0.600. The van der Waals surface area contributed by atoms with Crippen LogP contribution in [0.3, 0.4) is 0 Å². The number of carbonyl (C=O) groups excluding carboxylic acids is 1. The van der Waals surface area contributed by atoms with E-state index in [1.807, 2.05) is 13.8 Å². The Kier molecular flexibility index (Phi) is 5.92. The van der Waals surface area contributed by atoms with Gasteiger partial charge < -0.3 is 9.47 Å². The van der Waals surface area contributed by atoms with E-state index in [4.69, 9.17) is 9.47 Å². The summed E-state index contributed by atoms with van der Waals surface area (Å²) in [6, 6.07) is 0. The van der Waals surface area contributed by atoms with E-state index >= 15 is 0 Å². The summed E-state index contributed by atoms with van der Waals surface area (Å²) >= 11 is 1.29. The predicted molar refractivity (Wildman–Crippen MR) is 117 cm³/mol. The number of rotatable bonds is 6. The molecule has 0 unspecified atom stereocenters. The fourth-order valence-corrected chi connectivity index (χ4v) is 4.38. The normalized spacial score (nSPS) is 15.7. The second-order valence-corrected chi connectivity index (χ2v) is 9.74. The minimum absolute atomic E-state index is 0.280. The van der Waals surface area contributed by atoms with Crippen LogP contribution in [0.15, 0.2) is 14.7 Å². The Morgan fingerprint density at radius 3 is 2.57 bits per heavy atom. The Morgan fingerprint density at radius 1 is 1.33 bits per heavy atom. The molecule has 10 heteroatoms. The van der Waals surface area contributed by atoms with Gasteiger partial charge in [0.05, 0.1) is 35.2 Å². The molecule has 0 aromatic carbocycles. The number of aryl methyl sites for hydroxylation is 1. The minimum Gasteiger partial charge on any atom is -0.443 e. The third kappa shape index (κ3) is 4.34. The Balaban J connectivity index is 2.05. The monoisotopic (exact) mass is 436 g/mol. The van der Waals surface area contributed by atoms with E-state index in [9.17, 15) is 14.4 Å². The van der Waals surface area contributed by atoms with Crippen molar-refractivity contribution in [2.24, 2.45) is 5.10 Å². The second-order valence-electron chi connectivity index (χ2n) is 8.71. The maximum atomic E-state index is 13.2. The Hall–Kier alpha value is -2.46. The van der Waals surface area contributed by atoms with Crippen LogP contribution in [0.2, 0.25) is 0 Å². The van der Waals surface area contributed by atoms with Crippen molar-refractivity contribution in [2.45, 2.75) is 65.1 Å². The highest BCUT2D eigenvalue weighted by Gasteiger charge is 2.43. The molecule has 9 nitrogen and oxygen atoms in total.